The molecule has 0 unspecified atom stereocenters. The summed E-state index contributed by atoms with van der Waals surface area (Å²) in [4.78, 5) is 11.8. The minimum absolute atomic E-state index is 0.161. The number of benzene rings is 1. The van der Waals surface area contributed by atoms with Gasteiger partial charge >= 0.3 is 0 Å². The molecular weight excluding hydrogens is 218 g/mol. The number of hydrogen-bond acceptors (Lipinski definition) is 4. The number of nitrogens with zero attached hydrogens (tertiary/aromatic N) is 1. The van der Waals surface area contributed by atoms with Crippen LogP contribution in [0.3, 0.4) is 0 Å². The Morgan fingerprint density at radius 2 is 2.18 bits per heavy atom. The van der Waals surface area contributed by atoms with Crippen LogP contribution in [-0.2, 0) is 4.79 Å². The molecule has 3 N–H and O–H groups in total. The molecule has 5 nitrogen and oxygen atoms in total. The summed E-state index contributed by atoms with van der Waals surface area (Å²) < 4.78 is 0. The molecule has 17 heavy (non-hydrogen) atoms. The summed E-state index contributed by atoms with van der Waals surface area (Å²) >= 11 is 0. The summed E-state index contributed by atoms with van der Waals surface area (Å²) in [6.07, 6.45) is -0.0195. The molecule has 0 bridgehead atoms. The maximum atomic E-state index is 11.8. The first-order valence-electron chi connectivity index (χ1n) is 5.41. The van der Waals surface area contributed by atoms with Crippen LogP contribution in [-0.4, -0.2) is 29.7 Å². The number of nitrogens with one attached hydrogen (secondary N) is 2. The normalized spacial score (nSPS) is 23.1. The van der Waals surface area contributed by atoms with Crippen molar-refractivity contribution in [2.75, 3.05) is 11.9 Å². The lowest BCUT2D eigenvalue weighted by atomic mass is 10.2. The average Bonchev–Trinajstić information content (AvgIpc) is 2.77. The Kier molecular flexibility index (Phi) is 3.38. The monoisotopic (exact) mass is 231 g/mol. The fourth-order valence-electron chi connectivity index (χ4n) is 1.77. The lowest BCUT2D eigenvalue weighted by molar-refractivity contribution is -0.117. The van der Waals surface area contributed by atoms with Crippen molar-refractivity contribution in [1.29, 1.82) is 5.26 Å². The minimum atomic E-state index is -0.452. The zero-order valence-electron chi connectivity index (χ0n) is 9.18. The molecule has 2 rings (SSSR count). The summed E-state index contributed by atoms with van der Waals surface area (Å²) in [5.74, 6) is -0.161. The van der Waals surface area contributed by atoms with Gasteiger partial charge in [-0.2, -0.15) is 5.26 Å². The molecule has 1 aliphatic heterocycles. The number of nitriles is 1. The van der Waals surface area contributed by atoms with Crippen LogP contribution < -0.4 is 10.6 Å². The van der Waals surface area contributed by atoms with E-state index in [2.05, 4.69) is 10.6 Å². The Morgan fingerprint density at radius 1 is 1.47 bits per heavy atom. The number of aliphatic hydroxyl groups is 1. The number of rotatable bonds is 2. The Labute approximate surface area is 99.1 Å². The summed E-state index contributed by atoms with van der Waals surface area (Å²) in [5.41, 5.74) is 1.20. The number of hydrogen-bond donors (Lipinski definition) is 3. The van der Waals surface area contributed by atoms with Crippen LogP contribution in [0, 0.1) is 11.3 Å². The highest BCUT2D eigenvalue weighted by molar-refractivity contribution is 5.95. The number of amides is 1. The van der Waals surface area contributed by atoms with E-state index < -0.39 is 6.10 Å². The summed E-state index contributed by atoms with van der Waals surface area (Å²) in [6, 6.07) is 8.32. The van der Waals surface area contributed by atoms with E-state index in [4.69, 9.17) is 5.26 Å². The molecule has 88 valence electrons. The van der Waals surface area contributed by atoms with Crippen molar-refractivity contribution in [2.45, 2.75) is 18.6 Å². The van der Waals surface area contributed by atoms with Gasteiger partial charge in [-0.05, 0) is 30.7 Å². The fraction of sp³-hybridized carbons (Fsp3) is 0.333. The quantitative estimate of drug-likeness (QED) is 0.679. The standard InChI is InChI=1S/C12H13N3O2/c13-6-8-1-3-9(4-2-8)15-12(17)11-5-10(16)7-14-11/h1-4,10-11,14,16H,5,7H2,(H,15,17)/t10-,11-/m1/s1. The van der Waals surface area contributed by atoms with Gasteiger partial charge in [0.25, 0.3) is 0 Å². The molecule has 1 heterocycles. The van der Waals surface area contributed by atoms with Gasteiger partial charge < -0.3 is 15.7 Å². The number of β-amino-alcohol motifs (C(OH)–C–C–N with tert-alkyl or cyclic N) is 1. The Morgan fingerprint density at radius 3 is 2.71 bits per heavy atom. The second kappa shape index (κ2) is 4.95. The number of carbonyl (C=O) groups is 1. The molecule has 0 aromatic heterocycles. The second-order valence-corrected chi connectivity index (χ2v) is 4.03. The SMILES string of the molecule is N#Cc1ccc(NC(=O)[C@H]2C[C@@H](O)CN2)cc1. The third kappa shape index (κ3) is 2.81. The van der Waals surface area contributed by atoms with Gasteiger partial charge in [0.2, 0.25) is 5.91 Å². The number of anilines is 1. The van der Waals surface area contributed by atoms with E-state index in [1.165, 1.54) is 0 Å². The molecule has 5 heteroatoms. The van der Waals surface area contributed by atoms with Crippen molar-refractivity contribution < 1.29 is 9.90 Å². The van der Waals surface area contributed by atoms with Crippen molar-refractivity contribution in [3.05, 3.63) is 29.8 Å². The molecule has 0 aliphatic carbocycles. The Hall–Kier alpha value is -1.90. The van der Waals surface area contributed by atoms with Gasteiger partial charge in [0.05, 0.1) is 23.8 Å². The van der Waals surface area contributed by atoms with Gasteiger partial charge in [-0.3, -0.25) is 4.79 Å². The fourth-order valence-corrected chi connectivity index (χ4v) is 1.77. The molecule has 1 aromatic rings. The average molecular weight is 231 g/mol. The van der Waals surface area contributed by atoms with Crippen molar-refractivity contribution in [3.8, 4) is 6.07 Å². The maximum Gasteiger partial charge on any atom is 0.241 e. The van der Waals surface area contributed by atoms with Crippen molar-refractivity contribution in [3.63, 3.8) is 0 Å². The van der Waals surface area contributed by atoms with Crippen LogP contribution in [0.15, 0.2) is 24.3 Å². The minimum Gasteiger partial charge on any atom is -0.392 e. The van der Waals surface area contributed by atoms with Crippen LogP contribution in [0.25, 0.3) is 0 Å². The molecule has 0 spiro atoms. The smallest absolute Gasteiger partial charge is 0.241 e. The molecule has 1 amide bonds. The van der Waals surface area contributed by atoms with Gasteiger partial charge in [-0.1, -0.05) is 0 Å². The van der Waals surface area contributed by atoms with Crippen LogP contribution in [0.2, 0.25) is 0 Å². The van der Waals surface area contributed by atoms with Crippen LogP contribution in [0.1, 0.15) is 12.0 Å². The van der Waals surface area contributed by atoms with Gasteiger partial charge in [0.1, 0.15) is 0 Å². The highest BCUT2D eigenvalue weighted by Gasteiger charge is 2.27. The zero-order valence-corrected chi connectivity index (χ0v) is 9.18. The number of aliphatic hydroxyl groups excluding tert-OH is 1. The van der Waals surface area contributed by atoms with Crippen LogP contribution >= 0.6 is 0 Å². The van der Waals surface area contributed by atoms with Crippen LogP contribution in [0.5, 0.6) is 0 Å². The predicted octanol–water partition coefficient (Wildman–Crippen LogP) is 0.220. The molecule has 0 radical (unpaired) electrons. The first-order valence-corrected chi connectivity index (χ1v) is 5.41. The largest absolute Gasteiger partial charge is 0.392 e. The highest BCUT2D eigenvalue weighted by atomic mass is 16.3. The molecule has 1 aromatic carbocycles. The number of carbonyl (C=O) groups excluding carboxylic acids is 1. The zero-order chi connectivity index (χ0) is 12.3. The van der Waals surface area contributed by atoms with Crippen molar-refractivity contribution in [1.82, 2.24) is 5.32 Å². The topological polar surface area (TPSA) is 85.2 Å². The van der Waals surface area contributed by atoms with Gasteiger partial charge in [0, 0.05) is 12.2 Å². The molecular formula is C12H13N3O2. The second-order valence-electron chi connectivity index (χ2n) is 4.03. The van der Waals surface area contributed by atoms with E-state index in [1.54, 1.807) is 24.3 Å². The Bertz CT molecular complexity index is 450. The third-order valence-corrected chi connectivity index (χ3v) is 2.71. The van der Waals surface area contributed by atoms with E-state index in [0.717, 1.165) is 0 Å². The molecule has 0 saturated carbocycles. The van der Waals surface area contributed by atoms with E-state index >= 15 is 0 Å². The third-order valence-electron chi connectivity index (χ3n) is 2.71. The molecule has 1 saturated heterocycles. The van der Waals surface area contributed by atoms with Gasteiger partial charge in [-0.15, -0.1) is 0 Å². The molecule has 1 aliphatic rings. The van der Waals surface area contributed by atoms with E-state index in [1.807, 2.05) is 6.07 Å². The Balaban J connectivity index is 1.96. The molecule has 2 atom stereocenters. The van der Waals surface area contributed by atoms with Gasteiger partial charge in [-0.25, -0.2) is 0 Å². The van der Waals surface area contributed by atoms with E-state index in [-0.39, 0.29) is 11.9 Å². The predicted molar refractivity (Wildman–Crippen MR) is 62.2 cm³/mol. The summed E-state index contributed by atoms with van der Waals surface area (Å²) in [7, 11) is 0. The highest BCUT2D eigenvalue weighted by Crippen LogP contribution is 2.12. The summed E-state index contributed by atoms with van der Waals surface area (Å²) in [5, 5.41) is 23.6. The maximum absolute atomic E-state index is 11.8. The van der Waals surface area contributed by atoms with Gasteiger partial charge in [0.15, 0.2) is 0 Å². The van der Waals surface area contributed by atoms with Crippen molar-refractivity contribution >= 4 is 11.6 Å². The lowest BCUT2D eigenvalue weighted by Gasteiger charge is -2.10. The van der Waals surface area contributed by atoms with E-state index in [0.29, 0.717) is 24.2 Å². The van der Waals surface area contributed by atoms with Crippen LogP contribution in [0.4, 0.5) is 5.69 Å². The lowest BCUT2D eigenvalue weighted by Crippen LogP contribution is -2.35. The first-order chi connectivity index (χ1) is 8.19. The van der Waals surface area contributed by atoms with Crippen molar-refractivity contribution in [2.24, 2.45) is 0 Å². The molecule has 1 fully saturated rings. The first kappa shape index (κ1) is 11.6. The summed E-state index contributed by atoms with van der Waals surface area (Å²) in [6.45, 7) is 0.450. The van der Waals surface area contributed by atoms with E-state index in [9.17, 15) is 9.90 Å².